The fourth-order valence-electron chi connectivity index (χ4n) is 3.17. The fourth-order valence-corrected chi connectivity index (χ4v) is 4.59. The second kappa shape index (κ2) is 9.08. The topological polar surface area (TPSA) is 99.2 Å². The molecule has 154 valence electrons. The molecule has 8 nitrogen and oxygen atoms in total. The van der Waals surface area contributed by atoms with Crippen molar-refractivity contribution in [2.24, 2.45) is 0 Å². The van der Waals surface area contributed by atoms with Gasteiger partial charge < -0.3 is 9.64 Å². The van der Waals surface area contributed by atoms with Crippen molar-refractivity contribution >= 4 is 27.7 Å². The van der Waals surface area contributed by atoms with Gasteiger partial charge in [0.25, 0.3) is 5.91 Å². The number of carbonyl (C=O) groups excluding carboxylic acids is 1. The lowest BCUT2D eigenvalue weighted by Gasteiger charge is -2.35. The summed E-state index contributed by atoms with van der Waals surface area (Å²) in [5.74, 6) is 0.108. The number of hydrogen-bond donors (Lipinski definition) is 2. The monoisotopic (exact) mass is 417 g/mol. The highest BCUT2D eigenvalue weighted by Crippen LogP contribution is 2.29. The second-order valence-corrected chi connectivity index (χ2v) is 8.38. The van der Waals surface area contributed by atoms with Crippen molar-refractivity contribution in [3.63, 3.8) is 0 Å². The van der Waals surface area contributed by atoms with Crippen molar-refractivity contribution in [3.8, 4) is 5.75 Å². The van der Waals surface area contributed by atoms with E-state index in [9.17, 15) is 13.2 Å². The number of rotatable bonds is 6. The molecule has 2 aromatic rings. The van der Waals surface area contributed by atoms with E-state index in [-0.39, 0.29) is 4.90 Å². The number of ether oxygens (including phenoxy) is 1. The van der Waals surface area contributed by atoms with E-state index in [0.29, 0.717) is 31.7 Å². The first-order valence-electron chi connectivity index (χ1n) is 9.06. The Bertz CT molecular complexity index is 981. The standard InChI is InChI=1S/C20H23N3O5S/c1-28-19-5-3-2-4-18(19)22-12-14-23(15-13-22)29(26,27)17-9-6-16(7-10-17)8-11-20(24)21-25/h2-11,25H,12-15H2,1H3,(H,21,24). The van der Waals surface area contributed by atoms with Crippen LogP contribution in [0.1, 0.15) is 5.56 Å². The molecule has 0 spiro atoms. The number of benzene rings is 2. The highest BCUT2D eigenvalue weighted by atomic mass is 32.2. The average molecular weight is 417 g/mol. The van der Waals surface area contributed by atoms with Crippen LogP contribution in [0.25, 0.3) is 6.08 Å². The van der Waals surface area contributed by atoms with Gasteiger partial charge in [0.1, 0.15) is 5.75 Å². The summed E-state index contributed by atoms with van der Waals surface area (Å²) in [5, 5.41) is 8.48. The van der Waals surface area contributed by atoms with E-state index in [1.807, 2.05) is 24.3 Å². The van der Waals surface area contributed by atoms with Crippen LogP contribution in [0.4, 0.5) is 5.69 Å². The number of piperazine rings is 1. The zero-order chi connectivity index (χ0) is 20.9. The van der Waals surface area contributed by atoms with Gasteiger partial charge in [-0.2, -0.15) is 4.31 Å². The third-order valence-electron chi connectivity index (χ3n) is 4.72. The van der Waals surface area contributed by atoms with Crippen LogP contribution in [0.2, 0.25) is 0 Å². The lowest BCUT2D eigenvalue weighted by Crippen LogP contribution is -2.48. The quantitative estimate of drug-likeness (QED) is 0.422. The summed E-state index contributed by atoms with van der Waals surface area (Å²) in [4.78, 5) is 13.3. The number of amides is 1. The average Bonchev–Trinajstić information content (AvgIpc) is 2.77. The largest absolute Gasteiger partial charge is 0.495 e. The zero-order valence-electron chi connectivity index (χ0n) is 16.0. The zero-order valence-corrected chi connectivity index (χ0v) is 16.8. The first-order chi connectivity index (χ1) is 14.0. The van der Waals surface area contributed by atoms with Crippen LogP contribution in [-0.4, -0.2) is 57.1 Å². The van der Waals surface area contributed by atoms with Gasteiger partial charge in [-0.15, -0.1) is 0 Å². The first-order valence-corrected chi connectivity index (χ1v) is 10.5. The smallest absolute Gasteiger partial charge is 0.267 e. The molecule has 0 radical (unpaired) electrons. The van der Waals surface area contributed by atoms with Gasteiger partial charge in [-0.3, -0.25) is 10.0 Å². The number of para-hydroxylation sites is 2. The van der Waals surface area contributed by atoms with Crippen molar-refractivity contribution < 1.29 is 23.2 Å². The molecule has 2 N–H and O–H groups in total. The Balaban J connectivity index is 1.68. The summed E-state index contributed by atoms with van der Waals surface area (Å²) in [5.41, 5.74) is 3.10. The highest BCUT2D eigenvalue weighted by molar-refractivity contribution is 7.89. The van der Waals surface area contributed by atoms with E-state index in [2.05, 4.69) is 4.90 Å². The first kappa shape index (κ1) is 20.8. The minimum atomic E-state index is -3.60. The summed E-state index contributed by atoms with van der Waals surface area (Å²) in [6.07, 6.45) is 2.63. The molecule has 0 atom stereocenters. The second-order valence-electron chi connectivity index (χ2n) is 6.44. The maximum absolute atomic E-state index is 12.9. The van der Waals surface area contributed by atoms with E-state index < -0.39 is 15.9 Å². The summed E-state index contributed by atoms with van der Waals surface area (Å²) < 4.78 is 32.8. The Morgan fingerprint density at radius 2 is 1.72 bits per heavy atom. The number of anilines is 1. The number of hydrogen-bond acceptors (Lipinski definition) is 6. The van der Waals surface area contributed by atoms with Gasteiger partial charge in [0, 0.05) is 32.3 Å². The molecule has 1 amide bonds. The Kier molecular flexibility index (Phi) is 6.53. The Hall–Kier alpha value is -2.88. The van der Waals surface area contributed by atoms with Crippen molar-refractivity contribution in [3.05, 3.63) is 60.2 Å². The predicted molar refractivity (Wildman–Crippen MR) is 109 cm³/mol. The Labute approximate surface area is 170 Å². The van der Waals surface area contributed by atoms with Gasteiger partial charge in [-0.05, 0) is 35.9 Å². The number of sulfonamides is 1. The van der Waals surface area contributed by atoms with Crippen LogP contribution >= 0.6 is 0 Å². The van der Waals surface area contributed by atoms with Crippen LogP contribution in [0.5, 0.6) is 5.75 Å². The molecule has 1 fully saturated rings. The number of nitrogens with one attached hydrogen (secondary N) is 1. The molecule has 1 aliphatic heterocycles. The maximum Gasteiger partial charge on any atom is 0.267 e. The van der Waals surface area contributed by atoms with Crippen LogP contribution in [0.3, 0.4) is 0 Å². The van der Waals surface area contributed by atoms with Gasteiger partial charge in [0.2, 0.25) is 10.0 Å². The number of nitrogens with zero attached hydrogens (tertiary/aromatic N) is 2. The summed E-state index contributed by atoms with van der Waals surface area (Å²) in [6.45, 7) is 1.88. The van der Waals surface area contributed by atoms with Gasteiger partial charge in [-0.1, -0.05) is 24.3 Å². The minimum absolute atomic E-state index is 0.201. The van der Waals surface area contributed by atoms with Gasteiger partial charge in [0.15, 0.2) is 0 Å². The third kappa shape index (κ3) is 4.76. The molecule has 0 unspecified atom stereocenters. The Morgan fingerprint density at radius 1 is 1.07 bits per heavy atom. The van der Waals surface area contributed by atoms with E-state index >= 15 is 0 Å². The number of carbonyl (C=O) groups is 1. The van der Waals surface area contributed by atoms with E-state index in [0.717, 1.165) is 17.5 Å². The van der Waals surface area contributed by atoms with Crippen molar-refractivity contribution in [2.45, 2.75) is 4.90 Å². The summed E-state index contributed by atoms with van der Waals surface area (Å²) >= 11 is 0. The molecule has 3 rings (SSSR count). The van der Waals surface area contributed by atoms with Crippen molar-refractivity contribution in [2.75, 3.05) is 38.2 Å². The Morgan fingerprint density at radius 3 is 2.34 bits per heavy atom. The van der Waals surface area contributed by atoms with E-state index in [4.69, 9.17) is 9.94 Å². The van der Waals surface area contributed by atoms with E-state index in [1.165, 1.54) is 28.0 Å². The SMILES string of the molecule is COc1ccccc1N1CCN(S(=O)(=O)c2ccc(C=CC(=O)NO)cc2)CC1. The maximum atomic E-state index is 12.9. The summed E-state index contributed by atoms with van der Waals surface area (Å²) in [6, 6.07) is 13.9. The van der Waals surface area contributed by atoms with Crippen molar-refractivity contribution in [1.82, 2.24) is 9.79 Å². The molecule has 1 heterocycles. The predicted octanol–water partition coefficient (Wildman–Crippen LogP) is 1.72. The van der Waals surface area contributed by atoms with Crippen LogP contribution < -0.4 is 15.1 Å². The van der Waals surface area contributed by atoms with Crippen LogP contribution in [-0.2, 0) is 14.8 Å². The van der Waals surface area contributed by atoms with Gasteiger partial charge >= 0.3 is 0 Å². The van der Waals surface area contributed by atoms with Crippen LogP contribution in [0.15, 0.2) is 59.5 Å². The van der Waals surface area contributed by atoms with Gasteiger partial charge in [-0.25, -0.2) is 13.9 Å². The normalized spacial score (nSPS) is 15.4. The highest BCUT2D eigenvalue weighted by Gasteiger charge is 2.29. The van der Waals surface area contributed by atoms with Gasteiger partial charge in [0.05, 0.1) is 17.7 Å². The molecule has 0 aliphatic carbocycles. The molecule has 1 aliphatic rings. The number of methoxy groups -OCH3 is 1. The molecular weight excluding hydrogens is 394 g/mol. The lowest BCUT2D eigenvalue weighted by molar-refractivity contribution is -0.124. The molecular formula is C20H23N3O5S. The third-order valence-corrected chi connectivity index (χ3v) is 6.63. The molecule has 9 heteroatoms. The molecule has 29 heavy (non-hydrogen) atoms. The summed E-state index contributed by atoms with van der Waals surface area (Å²) in [7, 11) is -1.98. The number of hydroxylamine groups is 1. The molecule has 1 saturated heterocycles. The van der Waals surface area contributed by atoms with Crippen LogP contribution in [0, 0.1) is 0 Å². The lowest BCUT2D eigenvalue weighted by atomic mass is 10.2. The molecule has 0 saturated carbocycles. The van der Waals surface area contributed by atoms with Crippen molar-refractivity contribution in [1.29, 1.82) is 0 Å². The fraction of sp³-hybridized carbons (Fsp3) is 0.250. The minimum Gasteiger partial charge on any atom is -0.495 e. The molecule has 2 aromatic carbocycles. The van der Waals surface area contributed by atoms with E-state index in [1.54, 1.807) is 19.2 Å². The molecule has 0 bridgehead atoms. The molecule has 0 aromatic heterocycles.